The number of hydrogen-bond donors (Lipinski definition) is 1. The first-order valence-corrected chi connectivity index (χ1v) is 9.83. The van der Waals surface area contributed by atoms with E-state index in [1.54, 1.807) is 19.1 Å². The van der Waals surface area contributed by atoms with Crippen LogP contribution in [0.25, 0.3) is 17.5 Å². The van der Waals surface area contributed by atoms with E-state index in [4.69, 9.17) is 9.26 Å². The Labute approximate surface area is 180 Å². The second kappa shape index (κ2) is 9.54. The van der Waals surface area contributed by atoms with Crippen LogP contribution >= 0.6 is 0 Å². The molecule has 0 unspecified atom stereocenters. The highest BCUT2D eigenvalue weighted by Gasteiger charge is 2.11. The number of benzene rings is 3. The molecule has 1 amide bonds. The van der Waals surface area contributed by atoms with Crippen molar-refractivity contribution in [1.29, 1.82) is 0 Å². The molecule has 3 aromatic carbocycles. The number of ether oxygens (including phenoxy) is 1. The van der Waals surface area contributed by atoms with E-state index in [9.17, 15) is 4.79 Å². The molecular weight excluding hydrogens is 390 g/mol. The van der Waals surface area contributed by atoms with Gasteiger partial charge in [-0.3, -0.25) is 4.79 Å². The summed E-state index contributed by atoms with van der Waals surface area (Å²) in [7, 11) is 0. The quantitative estimate of drug-likeness (QED) is 0.419. The molecule has 0 aliphatic carbocycles. The van der Waals surface area contributed by atoms with Gasteiger partial charge in [0.05, 0.1) is 5.69 Å². The Kier molecular flexibility index (Phi) is 6.18. The summed E-state index contributed by atoms with van der Waals surface area (Å²) in [6, 6.07) is 24.9. The van der Waals surface area contributed by atoms with Gasteiger partial charge in [0.2, 0.25) is 17.6 Å². The predicted molar refractivity (Wildman–Crippen MR) is 119 cm³/mol. The molecule has 154 valence electrons. The largest absolute Gasteiger partial charge is 0.489 e. The molecule has 6 nitrogen and oxygen atoms in total. The molecule has 0 radical (unpaired) electrons. The van der Waals surface area contributed by atoms with Gasteiger partial charge in [-0.2, -0.15) is 4.98 Å². The van der Waals surface area contributed by atoms with Gasteiger partial charge < -0.3 is 14.6 Å². The molecule has 0 atom stereocenters. The Morgan fingerprint density at radius 2 is 1.74 bits per heavy atom. The molecular formula is C25H21N3O3. The van der Waals surface area contributed by atoms with Gasteiger partial charge in [0, 0.05) is 18.6 Å². The fourth-order valence-electron chi connectivity index (χ4n) is 2.96. The number of aryl methyl sites for hydroxylation is 1. The summed E-state index contributed by atoms with van der Waals surface area (Å²) in [6.07, 6.45) is 3.23. The summed E-state index contributed by atoms with van der Waals surface area (Å²) in [5.41, 5.74) is 3.31. The number of rotatable bonds is 7. The van der Waals surface area contributed by atoms with Crippen LogP contribution in [0.1, 0.15) is 17.0 Å². The number of carbonyl (C=O) groups excluding carboxylic acids is 1. The van der Waals surface area contributed by atoms with Crippen molar-refractivity contribution >= 4 is 17.7 Å². The van der Waals surface area contributed by atoms with Crippen molar-refractivity contribution in [3.8, 4) is 17.1 Å². The second-order valence-corrected chi connectivity index (χ2v) is 6.85. The number of nitrogens with one attached hydrogen (secondary N) is 1. The maximum atomic E-state index is 12.4. The SMILES string of the molecule is Cc1nc(-c2ccccc2NC(=O)/C=C/c2ccc(OCc3ccccc3)cc2)no1. The maximum absolute atomic E-state index is 12.4. The van der Waals surface area contributed by atoms with Crippen LogP contribution in [0.2, 0.25) is 0 Å². The normalized spacial score (nSPS) is 10.9. The third kappa shape index (κ3) is 5.45. The van der Waals surface area contributed by atoms with E-state index in [2.05, 4.69) is 15.5 Å². The minimum atomic E-state index is -0.253. The molecule has 1 heterocycles. The van der Waals surface area contributed by atoms with Crippen molar-refractivity contribution in [3.63, 3.8) is 0 Å². The molecule has 1 aromatic heterocycles. The lowest BCUT2D eigenvalue weighted by Gasteiger charge is -2.07. The van der Waals surface area contributed by atoms with Crippen molar-refractivity contribution in [1.82, 2.24) is 10.1 Å². The third-order valence-corrected chi connectivity index (χ3v) is 4.51. The molecule has 0 fully saturated rings. The molecule has 0 saturated heterocycles. The molecule has 0 aliphatic rings. The van der Waals surface area contributed by atoms with E-state index in [0.29, 0.717) is 29.6 Å². The first-order chi connectivity index (χ1) is 15.2. The highest BCUT2D eigenvalue weighted by atomic mass is 16.5. The zero-order valence-electron chi connectivity index (χ0n) is 17.0. The van der Waals surface area contributed by atoms with Gasteiger partial charge in [-0.15, -0.1) is 0 Å². The van der Waals surface area contributed by atoms with Crippen molar-refractivity contribution in [3.05, 3.63) is 102 Å². The number of para-hydroxylation sites is 1. The molecule has 1 N–H and O–H groups in total. The van der Waals surface area contributed by atoms with E-state index in [1.807, 2.05) is 72.8 Å². The van der Waals surface area contributed by atoms with Crippen LogP contribution in [0, 0.1) is 6.92 Å². The summed E-state index contributed by atoms with van der Waals surface area (Å²) >= 11 is 0. The summed E-state index contributed by atoms with van der Waals surface area (Å²) < 4.78 is 10.8. The summed E-state index contributed by atoms with van der Waals surface area (Å²) in [5, 5.41) is 6.79. The van der Waals surface area contributed by atoms with Crippen LogP contribution in [0.4, 0.5) is 5.69 Å². The van der Waals surface area contributed by atoms with Gasteiger partial charge in [0.15, 0.2) is 0 Å². The molecule has 6 heteroatoms. The molecule has 0 aliphatic heterocycles. The number of amides is 1. The van der Waals surface area contributed by atoms with Crippen LogP contribution in [0.5, 0.6) is 5.75 Å². The number of anilines is 1. The Hall–Kier alpha value is -4.19. The lowest BCUT2D eigenvalue weighted by Crippen LogP contribution is -2.08. The number of hydrogen-bond acceptors (Lipinski definition) is 5. The van der Waals surface area contributed by atoms with Gasteiger partial charge in [-0.05, 0) is 41.5 Å². The monoisotopic (exact) mass is 411 g/mol. The minimum absolute atomic E-state index is 0.253. The topological polar surface area (TPSA) is 77.2 Å². The highest BCUT2D eigenvalue weighted by molar-refractivity contribution is 6.03. The fourth-order valence-corrected chi connectivity index (χ4v) is 2.96. The van der Waals surface area contributed by atoms with Gasteiger partial charge >= 0.3 is 0 Å². The van der Waals surface area contributed by atoms with Crippen molar-refractivity contribution in [2.75, 3.05) is 5.32 Å². The molecule has 31 heavy (non-hydrogen) atoms. The van der Waals surface area contributed by atoms with Crippen LogP contribution < -0.4 is 10.1 Å². The average molecular weight is 411 g/mol. The second-order valence-electron chi connectivity index (χ2n) is 6.85. The predicted octanol–water partition coefficient (Wildman–Crippen LogP) is 5.28. The highest BCUT2D eigenvalue weighted by Crippen LogP contribution is 2.25. The summed E-state index contributed by atoms with van der Waals surface area (Å²) in [4.78, 5) is 16.6. The van der Waals surface area contributed by atoms with E-state index in [0.717, 1.165) is 16.9 Å². The van der Waals surface area contributed by atoms with E-state index >= 15 is 0 Å². The van der Waals surface area contributed by atoms with Crippen LogP contribution in [0.3, 0.4) is 0 Å². The first-order valence-electron chi connectivity index (χ1n) is 9.83. The van der Waals surface area contributed by atoms with Crippen molar-refractivity contribution < 1.29 is 14.1 Å². The van der Waals surface area contributed by atoms with E-state index in [1.165, 1.54) is 6.08 Å². The van der Waals surface area contributed by atoms with Crippen molar-refractivity contribution in [2.45, 2.75) is 13.5 Å². The number of nitrogens with zero attached hydrogens (tertiary/aromatic N) is 2. The lowest BCUT2D eigenvalue weighted by molar-refractivity contribution is -0.111. The Morgan fingerprint density at radius 1 is 1.00 bits per heavy atom. The molecule has 0 bridgehead atoms. The van der Waals surface area contributed by atoms with Gasteiger partial charge in [0.25, 0.3) is 0 Å². The number of carbonyl (C=O) groups is 1. The standard InChI is InChI=1S/C25H21N3O3/c1-18-26-25(28-31-18)22-9-5-6-10-23(22)27-24(29)16-13-19-11-14-21(15-12-19)30-17-20-7-3-2-4-8-20/h2-16H,17H2,1H3,(H,27,29)/b16-13+. The third-order valence-electron chi connectivity index (χ3n) is 4.51. The van der Waals surface area contributed by atoms with E-state index in [-0.39, 0.29) is 5.91 Å². The molecule has 4 aromatic rings. The van der Waals surface area contributed by atoms with Crippen LogP contribution in [0.15, 0.2) is 89.5 Å². The zero-order chi connectivity index (χ0) is 21.5. The van der Waals surface area contributed by atoms with Gasteiger partial charge in [-0.25, -0.2) is 0 Å². The van der Waals surface area contributed by atoms with Crippen LogP contribution in [-0.2, 0) is 11.4 Å². The summed E-state index contributed by atoms with van der Waals surface area (Å²) in [5.74, 6) is 1.42. The van der Waals surface area contributed by atoms with Crippen LogP contribution in [-0.4, -0.2) is 16.0 Å². The van der Waals surface area contributed by atoms with Gasteiger partial charge in [-0.1, -0.05) is 59.8 Å². The zero-order valence-corrected chi connectivity index (χ0v) is 17.0. The molecule has 0 saturated carbocycles. The fraction of sp³-hybridized carbons (Fsp3) is 0.0800. The maximum Gasteiger partial charge on any atom is 0.248 e. The average Bonchev–Trinajstić information content (AvgIpc) is 3.24. The van der Waals surface area contributed by atoms with Gasteiger partial charge in [0.1, 0.15) is 12.4 Å². The number of aromatic nitrogens is 2. The van der Waals surface area contributed by atoms with Crippen molar-refractivity contribution in [2.24, 2.45) is 0 Å². The Morgan fingerprint density at radius 3 is 2.48 bits per heavy atom. The Balaban J connectivity index is 1.36. The molecule has 0 spiro atoms. The first kappa shape index (κ1) is 20.1. The summed E-state index contributed by atoms with van der Waals surface area (Å²) in [6.45, 7) is 2.23. The minimum Gasteiger partial charge on any atom is -0.489 e. The Bertz CT molecular complexity index is 1180. The smallest absolute Gasteiger partial charge is 0.248 e. The molecule has 4 rings (SSSR count). The van der Waals surface area contributed by atoms with E-state index < -0.39 is 0 Å². The lowest BCUT2D eigenvalue weighted by atomic mass is 10.1.